The van der Waals surface area contributed by atoms with Crippen molar-refractivity contribution in [2.45, 2.75) is 12.3 Å². The fourth-order valence-corrected chi connectivity index (χ4v) is 2.87. The number of carboxylic acids is 1. The van der Waals surface area contributed by atoms with Gasteiger partial charge in [-0.05, 0) is 40.5 Å². The van der Waals surface area contributed by atoms with Crippen molar-refractivity contribution in [3.63, 3.8) is 0 Å². The summed E-state index contributed by atoms with van der Waals surface area (Å²) in [5.74, 6) is -1.08. The van der Waals surface area contributed by atoms with Crippen molar-refractivity contribution < 1.29 is 9.90 Å². The number of benzene rings is 2. The van der Waals surface area contributed by atoms with Gasteiger partial charge in [-0.25, -0.2) is 0 Å². The Morgan fingerprint density at radius 1 is 1.00 bits per heavy atom. The van der Waals surface area contributed by atoms with Gasteiger partial charge in [0.1, 0.15) is 0 Å². The summed E-state index contributed by atoms with van der Waals surface area (Å²) in [6, 6.07) is 11.9. The average Bonchev–Trinajstić information content (AvgIpc) is 2.73. The Labute approximate surface area is 129 Å². The van der Waals surface area contributed by atoms with Crippen LogP contribution >= 0.6 is 0 Å². The fraction of sp³-hybridized carbons (Fsp3) is 0.105. The van der Waals surface area contributed by atoms with Crippen molar-refractivity contribution >= 4 is 16.7 Å². The van der Waals surface area contributed by atoms with Crippen LogP contribution in [0.15, 0.2) is 73.1 Å². The van der Waals surface area contributed by atoms with E-state index in [1.165, 1.54) is 0 Å². The summed E-state index contributed by atoms with van der Waals surface area (Å²) in [7, 11) is 0. The van der Waals surface area contributed by atoms with Crippen LogP contribution in [0.4, 0.5) is 0 Å². The largest absolute Gasteiger partial charge is 0.481 e. The first kappa shape index (κ1) is 14.1. The highest BCUT2D eigenvalue weighted by molar-refractivity contribution is 5.96. The predicted octanol–water partition coefficient (Wildman–Crippen LogP) is 3.74. The maximum absolute atomic E-state index is 11.1. The standard InChI is InChI=1S/C13H10O2.C6H7N/c14-13(15)11-7-9-5-1-3-8-4-2-6-10(11)12(8)9;1-2-4-6-7-5-3-1/h1-6,11H,7H2,(H,14,15);1-7H. The van der Waals surface area contributed by atoms with Crippen LogP contribution in [0, 0.1) is 0 Å². The molecule has 0 saturated carbocycles. The molecule has 0 bridgehead atoms. The van der Waals surface area contributed by atoms with E-state index in [-0.39, 0.29) is 5.92 Å². The Morgan fingerprint density at radius 2 is 1.68 bits per heavy atom. The van der Waals surface area contributed by atoms with E-state index in [0.29, 0.717) is 6.42 Å². The van der Waals surface area contributed by atoms with Gasteiger partial charge >= 0.3 is 5.97 Å². The third-order valence-corrected chi connectivity index (χ3v) is 3.84. The molecule has 1 unspecified atom stereocenters. The molecule has 0 saturated heterocycles. The van der Waals surface area contributed by atoms with Crippen LogP contribution in [0.25, 0.3) is 10.8 Å². The molecule has 3 nitrogen and oxygen atoms in total. The molecule has 0 aromatic heterocycles. The molecule has 22 heavy (non-hydrogen) atoms. The summed E-state index contributed by atoms with van der Waals surface area (Å²) in [6.07, 6.45) is 12.2. The SMILES string of the molecule is C1=CC=CNC=C1.O=C(O)C1Cc2cccc3cccc1c23. The van der Waals surface area contributed by atoms with Crippen molar-refractivity contribution in [1.82, 2.24) is 5.32 Å². The number of carbonyl (C=O) groups is 1. The molecule has 2 aliphatic rings. The van der Waals surface area contributed by atoms with Gasteiger partial charge in [-0.1, -0.05) is 48.6 Å². The van der Waals surface area contributed by atoms with Gasteiger partial charge in [-0.15, -0.1) is 0 Å². The van der Waals surface area contributed by atoms with Crippen molar-refractivity contribution in [1.29, 1.82) is 0 Å². The molecule has 1 aliphatic heterocycles. The summed E-state index contributed by atoms with van der Waals surface area (Å²) in [4.78, 5) is 11.1. The van der Waals surface area contributed by atoms with E-state index in [2.05, 4.69) is 5.32 Å². The molecule has 1 atom stereocenters. The molecule has 0 radical (unpaired) electrons. The minimum Gasteiger partial charge on any atom is -0.481 e. The first-order valence-electron chi connectivity index (χ1n) is 7.25. The molecule has 3 heteroatoms. The van der Waals surface area contributed by atoms with Crippen molar-refractivity contribution in [2.24, 2.45) is 0 Å². The molecule has 0 amide bonds. The zero-order chi connectivity index (χ0) is 15.4. The van der Waals surface area contributed by atoms with Crippen molar-refractivity contribution in [3.8, 4) is 0 Å². The molecule has 2 N–H and O–H groups in total. The van der Waals surface area contributed by atoms with Gasteiger partial charge in [0.05, 0.1) is 5.92 Å². The Morgan fingerprint density at radius 3 is 2.36 bits per heavy atom. The molecular formula is C19H17NO2. The van der Waals surface area contributed by atoms with Gasteiger partial charge in [-0.3, -0.25) is 4.79 Å². The Kier molecular flexibility index (Phi) is 4.05. The topological polar surface area (TPSA) is 49.3 Å². The summed E-state index contributed by atoms with van der Waals surface area (Å²) in [5, 5.41) is 14.4. The quantitative estimate of drug-likeness (QED) is 0.841. The van der Waals surface area contributed by atoms with Crippen LogP contribution in [0.1, 0.15) is 17.0 Å². The van der Waals surface area contributed by atoms with Crippen LogP contribution in [-0.2, 0) is 11.2 Å². The Balaban J connectivity index is 0.000000174. The van der Waals surface area contributed by atoms with E-state index in [0.717, 1.165) is 21.9 Å². The monoisotopic (exact) mass is 291 g/mol. The van der Waals surface area contributed by atoms with Crippen LogP contribution in [-0.4, -0.2) is 11.1 Å². The second-order valence-electron chi connectivity index (χ2n) is 5.23. The molecule has 1 aliphatic carbocycles. The maximum atomic E-state index is 11.1. The molecule has 4 rings (SSSR count). The van der Waals surface area contributed by atoms with E-state index in [1.807, 2.05) is 73.1 Å². The van der Waals surface area contributed by atoms with Crippen LogP contribution < -0.4 is 5.32 Å². The highest BCUT2D eigenvalue weighted by Crippen LogP contribution is 2.38. The van der Waals surface area contributed by atoms with Crippen LogP contribution in [0.5, 0.6) is 0 Å². The van der Waals surface area contributed by atoms with E-state index in [4.69, 9.17) is 5.11 Å². The number of aliphatic carboxylic acids is 1. The van der Waals surface area contributed by atoms with E-state index >= 15 is 0 Å². The summed E-state index contributed by atoms with van der Waals surface area (Å²) >= 11 is 0. The number of carboxylic acid groups (broad SMARTS) is 1. The molecule has 2 aromatic rings. The lowest BCUT2D eigenvalue weighted by Crippen LogP contribution is -2.09. The third kappa shape index (κ3) is 2.79. The second-order valence-corrected chi connectivity index (χ2v) is 5.23. The minimum absolute atomic E-state index is 0.355. The molecule has 110 valence electrons. The lowest BCUT2D eigenvalue weighted by molar-refractivity contribution is -0.138. The van der Waals surface area contributed by atoms with Crippen LogP contribution in [0.2, 0.25) is 0 Å². The third-order valence-electron chi connectivity index (χ3n) is 3.84. The molecule has 0 spiro atoms. The number of hydrogen-bond acceptors (Lipinski definition) is 2. The highest BCUT2D eigenvalue weighted by atomic mass is 16.4. The lowest BCUT2D eigenvalue weighted by Gasteiger charge is -2.04. The van der Waals surface area contributed by atoms with Crippen LogP contribution in [0.3, 0.4) is 0 Å². The highest BCUT2D eigenvalue weighted by Gasteiger charge is 2.29. The average molecular weight is 291 g/mol. The zero-order valence-electron chi connectivity index (χ0n) is 12.1. The molecule has 2 aromatic carbocycles. The van der Waals surface area contributed by atoms with E-state index in [1.54, 1.807) is 0 Å². The lowest BCUT2D eigenvalue weighted by atomic mass is 10.0. The van der Waals surface area contributed by atoms with Gasteiger partial charge in [0.25, 0.3) is 0 Å². The van der Waals surface area contributed by atoms with Crippen molar-refractivity contribution in [3.05, 3.63) is 84.2 Å². The molecule has 0 fully saturated rings. The normalized spacial score (nSPS) is 17.5. The molecule has 1 heterocycles. The number of rotatable bonds is 1. The zero-order valence-corrected chi connectivity index (χ0v) is 12.1. The first-order valence-corrected chi connectivity index (χ1v) is 7.25. The van der Waals surface area contributed by atoms with Gasteiger partial charge in [-0.2, -0.15) is 0 Å². The Hall–Kier alpha value is -2.81. The Bertz CT molecular complexity index is 768. The van der Waals surface area contributed by atoms with Gasteiger partial charge in [0, 0.05) is 12.4 Å². The molecular weight excluding hydrogens is 274 g/mol. The maximum Gasteiger partial charge on any atom is 0.311 e. The summed E-state index contributed by atoms with van der Waals surface area (Å²) in [6.45, 7) is 0. The number of hydrogen-bond donors (Lipinski definition) is 2. The van der Waals surface area contributed by atoms with Crippen molar-refractivity contribution in [2.75, 3.05) is 0 Å². The smallest absolute Gasteiger partial charge is 0.311 e. The van der Waals surface area contributed by atoms with Gasteiger partial charge < -0.3 is 10.4 Å². The van der Waals surface area contributed by atoms with Gasteiger partial charge in [0.15, 0.2) is 0 Å². The van der Waals surface area contributed by atoms with E-state index in [9.17, 15) is 4.79 Å². The summed E-state index contributed by atoms with van der Waals surface area (Å²) in [5.41, 5.74) is 2.13. The number of nitrogens with one attached hydrogen (secondary N) is 1. The summed E-state index contributed by atoms with van der Waals surface area (Å²) < 4.78 is 0. The predicted molar refractivity (Wildman–Crippen MR) is 88.6 cm³/mol. The first-order chi connectivity index (χ1) is 10.8. The fourth-order valence-electron chi connectivity index (χ4n) is 2.87. The van der Waals surface area contributed by atoms with Gasteiger partial charge in [0.2, 0.25) is 0 Å². The van der Waals surface area contributed by atoms with E-state index < -0.39 is 5.97 Å². The number of allylic oxidation sites excluding steroid dienone is 4. The minimum atomic E-state index is -0.723. The second kappa shape index (κ2) is 6.31.